The van der Waals surface area contributed by atoms with E-state index in [9.17, 15) is 4.79 Å². The lowest BCUT2D eigenvalue weighted by molar-refractivity contribution is -0.122. The van der Waals surface area contributed by atoms with Gasteiger partial charge in [0.25, 0.3) is 0 Å². The Labute approximate surface area is 102 Å². The molecule has 1 fully saturated rings. The van der Waals surface area contributed by atoms with Crippen LogP contribution < -0.4 is 10.5 Å². The Morgan fingerprint density at radius 3 is 2.82 bits per heavy atom. The average Bonchev–Trinajstić information content (AvgIpc) is 2.77. The second-order valence-electron chi connectivity index (χ2n) is 4.72. The minimum absolute atomic E-state index is 0.148. The van der Waals surface area contributed by atoms with Gasteiger partial charge in [-0.25, -0.2) is 0 Å². The van der Waals surface area contributed by atoms with Gasteiger partial charge < -0.3 is 10.5 Å². The van der Waals surface area contributed by atoms with Gasteiger partial charge >= 0.3 is 0 Å². The van der Waals surface area contributed by atoms with Gasteiger partial charge in [0.05, 0.1) is 7.11 Å². The first-order chi connectivity index (χ1) is 8.20. The Balaban J connectivity index is 2.03. The second-order valence-corrected chi connectivity index (χ2v) is 4.72. The maximum atomic E-state index is 12.1. The van der Waals surface area contributed by atoms with Crippen molar-refractivity contribution in [3.8, 4) is 5.75 Å². The molecule has 0 saturated heterocycles. The predicted octanol–water partition coefficient (Wildman–Crippen LogP) is 1.93. The van der Waals surface area contributed by atoms with Gasteiger partial charge in [-0.1, -0.05) is 18.2 Å². The number of para-hydroxylation sites is 1. The number of Topliss-reactive ketones (excluding diaryl/α,β-unsaturated/α-hetero) is 1. The summed E-state index contributed by atoms with van der Waals surface area (Å²) in [5, 5.41) is 0. The third kappa shape index (κ3) is 2.86. The van der Waals surface area contributed by atoms with Gasteiger partial charge in [0.2, 0.25) is 0 Å². The van der Waals surface area contributed by atoms with Crippen LogP contribution in [0.4, 0.5) is 0 Å². The number of methoxy groups -OCH3 is 1. The van der Waals surface area contributed by atoms with E-state index in [1.54, 1.807) is 7.11 Å². The van der Waals surface area contributed by atoms with Gasteiger partial charge in [-0.15, -0.1) is 0 Å². The molecule has 2 N–H and O–H groups in total. The van der Waals surface area contributed by atoms with E-state index in [4.69, 9.17) is 10.5 Å². The number of ether oxygens (including phenoxy) is 1. The monoisotopic (exact) mass is 233 g/mol. The highest BCUT2D eigenvalue weighted by molar-refractivity contribution is 5.84. The lowest BCUT2D eigenvalue weighted by Crippen LogP contribution is -2.19. The highest BCUT2D eigenvalue weighted by atomic mass is 16.5. The molecular formula is C14H19NO2. The molecule has 1 aliphatic rings. The van der Waals surface area contributed by atoms with Crippen LogP contribution in [0, 0.1) is 5.92 Å². The molecule has 1 aromatic rings. The molecule has 0 heterocycles. The highest BCUT2D eigenvalue weighted by Crippen LogP contribution is 2.27. The topological polar surface area (TPSA) is 52.3 Å². The molecule has 0 bridgehead atoms. The minimum Gasteiger partial charge on any atom is -0.496 e. The third-order valence-corrected chi connectivity index (χ3v) is 3.49. The van der Waals surface area contributed by atoms with Gasteiger partial charge in [-0.2, -0.15) is 0 Å². The Morgan fingerprint density at radius 2 is 2.18 bits per heavy atom. The van der Waals surface area contributed by atoms with E-state index in [0.717, 1.165) is 30.6 Å². The number of benzene rings is 1. The van der Waals surface area contributed by atoms with E-state index < -0.39 is 0 Å². The maximum absolute atomic E-state index is 12.1. The first-order valence-corrected chi connectivity index (χ1v) is 6.11. The van der Waals surface area contributed by atoms with Crippen LogP contribution >= 0.6 is 0 Å². The van der Waals surface area contributed by atoms with Crippen molar-refractivity contribution in [2.75, 3.05) is 7.11 Å². The van der Waals surface area contributed by atoms with Gasteiger partial charge in [0.15, 0.2) is 0 Å². The summed E-state index contributed by atoms with van der Waals surface area (Å²) in [4.78, 5) is 12.1. The summed E-state index contributed by atoms with van der Waals surface area (Å²) in [6, 6.07) is 7.90. The van der Waals surface area contributed by atoms with E-state index in [-0.39, 0.29) is 12.0 Å². The molecule has 0 radical (unpaired) electrons. The SMILES string of the molecule is COc1ccccc1CC(=O)C1CCC(N)C1. The van der Waals surface area contributed by atoms with Crippen LogP contribution in [0.1, 0.15) is 24.8 Å². The third-order valence-electron chi connectivity index (χ3n) is 3.49. The van der Waals surface area contributed by atoms with Crippen molar-refractivity contribution in [1.29, 1.82) is 0 Å². The van der Waals surface area contributed by atoms with E-state index in [1.807, 2.05) is 24.3 Å². The smallest absolute Gasteiger partial charge is 0.140 e. The molecule has 92 valence electrons. The van der Waals surface area contributed by atoms with Crippen LogP contribution in [0.3, 0.4) is 0 Å². The average molecular weight is 233 g/mol. The zero-order valence-electron chi connectivity index (χ0n) is 10.2. The number of hydrogen-bond donors (Lipinski definition) is 1. The first-order valence-electron chi connectivity index (χ1n) is 6.11. The van der Waals surface area contributed by atoms with Crippen LogP contribution in [0.5, 0.6) is 5.75 Å². The summed E-state index contributed by atoms with van der Waals surface area (Å²) in [7, 11) is 1.63. The van der Waals surface area contributed by atoms with Crippen molar-refractivity contribution in [3.63, 3.8) is 0 Å². The predicted molar refractivity (Wildman–Crippen MR) is 67.0 cm³/mol. The fraction of sp³-hybridized carbons (Fsp3) is 0.500. The van der Waals surface area contributed by atoms with Crippen molar-refractivity contribution < 1.29 is 9.53 Å². The van der Waals surface area contributed by atoms with E-state index in [0.29, 0.717) is 12.2 Å². The number of nitrogens with two attached hydrogens (primary N) is 1. The Kier molecular flexibility index (Phi) is 3.79. The van der Waals surface area contributed by atoms with Crippen molar-refractivity contribution in [2.24, 2.45) is 11.7 Å². The molecule has 1 aromatic carbocycles. The summed E-state index contributed by atoms with van der Waals surface area (Å²) < 4.78 is 5.25. The molecular weight excluding hydrogens is 214 g/mol. The van der Waals surface area contributed by atoms with Crippen molar-refractivity contribution >= 4 is 5.78 Å². The summed E-state index contributed by atoms with van der Waals surface area (Å²) in [6.45, 7) is 0. The summed E-state index contributed by atoms with van der Waals surface area (Å²) in [5.41, 5.74) is 6.81. The van der Waals surface area contributed by atoms with E-state index >= 15 is 0 Å². The highest BCUT2D eigenvalue weighted by Gasteiger charge is 2.27. The summed E-state index contributed by atoms with van der Waals surface area (Å²) in [5.74, 6) is 1.24. The largest absolute Gasteiger partial charge is 0.496 e. The molecule has 3 heteroatoms. The molecule has 0 spiro atoms. The van der Waals surface area contributed by atoms with Crippen LogP contribution in [0.25, 0.3) is 0 Å². The zero-order valence-corrected chi connectivity index (χ0v) is 10.2. The normalized spacial score (nSPS) is 23.6. The number of rotatable bonds is 4. The number of carbonyl (C=O) groups is 1. The van der Waals surface area contributed by atoms with Crippen LogP contribution in [-0.2, 0) is 11.2 Å². The van der Waals surface area contributed by atoms with Gasteiger partial charge in [0, 0.05) is 23.9 Å². The lowest BCUT2D eigenvalue weighted by Gasteiger charge is -2.11. The molecule has 3 nitrogen and oxygen atoms in total. The number of carbonyl (C=O) groups excluding carboxylic acids is 1. The van der Waals surface area contributed by atoms with Crippen LogP contribution in [0.15, 0.2) is 24.3 Å². The number of ketones is 1. The summed E-state index contributed by atoms with van der Waals surface area (Å²) in [6.07, 6.45) is 3.22. The van der Waals surface area contributed by atoms with Crippen molar-refractivity contribution in [2.45, 2.75) is 31.7 Å². The second kappa shape index (κ2) is 5.32. The van der Waals surface area contributed by atoms with E-state index in [1.165, 1.54) is 0 Å². The van der Waals surface area contributed by atoms with E-state index in [2.05, 4.69) is 0 Å². The Morgan fingerprint density at radius 1 is 1.41 bits per heavy atom. The Bertz CT molecular complexity index is 403. The quantitative estimate of drug-likeness (QED) is 0.864. The molecule has 0 aliphatic heterocycles. The molecule has 2 rings (SSSR count). The van der Waals surface area contributed by atoms with Crippen molar-refractivity contribution in [1.82, 2.24) is 0 Å². The molecule has 1 aliphatic carbocycles. The van der Waals surface area contributed by atoms with Crippen LogP contribution in [-0.4, -0.2) is 18.9 Å². The standard InChI is InChI=1S/C14H19NO2/c1-17-14-5-3-2-4-11(14)9-13(16)10-6-7-12(15)8-10/h2-5,10,12H,6-9,15H2,1H3. The van der Waals surface area contributed by atoms with Gasteiger partial charge in [-0.05, 0) is 25.3 Å². The zero-order chi connectivity index (χ0) is 12.3. The molecule has 17 heavy (non-hydrogen) atoms. The summed E-state index contributed by atoms with van der Waals surface area (Å²) >= 11 is 0. The number of hydrogen-bond acceptors (Lipinski definition) is 3. The minimum atomic E-state index is 0.148. The lowest BCUT2D eigenvalue weighted by atomic mass is 9.96. The van der Waals surface area contributed by atoms with Crippen molar-refractivity contribution in [3.05, 3.63) is 29.8 Å². The molecule has 1 saturated carbocycles. The molecule has 0 amide bonds. The van der Waals surface area contributed by atoms with Gasteiger partial charge in [-0.3, -0.25) is 4.79 Å². The molecule has 2 unspecified atom stereocenters. The fourth-order valence-electron chi connectivity index (χ4n) is 2.49. The fourth-order valence-corrected chi connectivity index (χ4v) is 2.49. The van der Waals surface area contributed by atoms with Gasteiger partial charge in [0.1, 0.15) is 11.5 Å². The molecule has 0 aromatic heterocycles. The van der Waals surface area contributed by atoms with Crippen LogP contribution in [0.2, 0.25) is 0 Å². The Hall–Kier alpha value is -1.35. The first kappa shape index (κ1) is 12.1. The maximum Gasteiger partial charge on any atom is 0.140 e. The molecule has 2 atom stereocenters.